The lowest BCUT2D eigenvalue weighted by Gasteiger charge is -2.38. The van der Waals surface area contributed by atoms with Gasteiger partial charge < -0.3 is 14.4 Å². The molecule has 1 aromatic rings. The summed E-state index contributed by atoms with van der Waals surface area (Å²) in [4.78, 5) is 2.32. The van der Waals surface area contributed by atoms with Crippen LogP contribution in [-0.2, 0) is 16.0 Å². The Morgan fingerprint density at radius 2 is 2.04 bits per heavy atom. The molecule has 2 aliphatic heterocycles. The largest absolute Gasteiger partial charge is 0.381 e. The molecular formula is C17H27N5O2. The summed E-state index contributed by atoms with van der Waals surface area (Å²) in [6.07, 6.45) is 9.41. The van der Waals surface area contributed by atoms with Crippen LogP contribution in [0.1, 0.15) is 38.5 Å². The normalized spacial score (nSPS) is 24.7. The summed E-state index contributed by atoms with van der Waals surface area (Å²) in [6.45, 7) is 5.83. The van der Waals surface area contributed by atoms with Crippen molar-refractivity contribution in [1.82, 2.24) is 20.2 Å². The summed E-state index contributed by atoms with van der Waals surface area (Å²) >= 11 is 0. The molecule has 0 saturated carbocycles. The highest BCUT2D eigenvalue weighted by Gasteiger charge is 2.37. The number of anilines is 1. The summed E-state index contributed by atoms with van der Waals surface area (Å²) in [6, 6.07) is 0. The predicted octanol–water partition coefficient (Wildman–Crippen LogP) is 1.81. The van der Waals surface area contributed by atoms with E-state index in [2.05, 4.69) is 26.5 Å². The van der Waals surface area contributed by atoms with Crippen molar-refractivity contribution in [2.45, 2.75) is 45.1 Å². The molecule has 0 amide bonds. The zero-order valence-electron chi connectivity index (χ0n) is 14.3. The van der Waals surface area contributed by atoms with E-state index in [-0.39, 0.29) is 5.41 Å². The van der Waals surface area contributed by atoms with E-state index in [9.17, 15) is 0 Å². The molecule has 24 heavy (non-hydrogen) atoms. The lowest BCUT2D eigenvalue weighted by molar-refractivity contribution is -0.0241. The van der Waals surface area contributed by atoms with E-state index in [1.54, 1.807) is 0 Å². The van der Waals surface area contributed by atoms with Crippen LogP contribution >= 0.6 is 0 Å². The molecule has 2 saturated heterocycles. The van der Waals surface area contributed by atoms with Crippen LogP contribution in [0, 0.1) is 5.41 Å². The van der Waals surface area contributed by atoms with Crippen molar-refractivity contribution in [2.24, 2.45) is 5.41 Å². The molecule has 0 radical (unpaired) electrons. The Morgan fingerprint density at radius 1 is 1.12 bits per heavy atom. The Morgan fingerprint density at radius 3 is 2.88 bits per heavy atom. The molecule has 0 atom stereocenters. The number of allylic oxidation sites excluding steroid dienone is 2. The third-order valence-corrected chi connectivity index (χ3v) is 5.53. The SMILES string of the molecule is C1=C(Cn2nnnc2N2CCOCC3(CCOCC3)C2)CCCC1. The van der Waals surface area contributed by atoms with Gasteiger partial charge in [0.2, 0.25) is 5.95 Å². The quantitative estimate of drug-likeness (QED) is 0.786. The van der Waals surface area contributed by atoms with Crippen molar-refractivity contribution in [3.05, 3.63) is 11.6 Å². The highest BCUT2D eigenvalue weighted by atomic mass is 16.5. The molecule has 7 heteroatoms. The topological polar surface area (TPSA) is 65.3 Å². The van der Waals surface area contributed by atoms with Gasteiger partial charge in [-0.2, -0.15) is 0 Å². The van der Waals surface area contributed by atoms with Crippen LogP contribution in [0.4, 0.5) is 5.95 Å². The summed E-state index contributed by atoms with van der Waals surface area (Å²) in [5.74, 6) is 0.887. The zero-order chi connectivity index (χ0) is 16.2. The van der Waals surface area contributed by atoms with Crippen molar-refractivity contribution in [3.63, 3.8) is 0 Å². The van der Waals surface area contributed by atoms with E-state index in [0.717, 1.165) is 64.9 Å². The highest BCUT2D eigenvalue weighted by Crippen LogP contribution is 2.34. The Balaban J connectivity index is 1.52. The van der Waals surface area contributed by atoms with Gasteiger partial charge in [-0.05, 0) is 49.0 Å². The van der Waals surface area contributed by atoms with E-state index in [1.807, 2.05) is 4.68 Å². The first-order valence-electron chi connectivity index (χ1n) is 9.19. The smallest absolute Gasteiger partial charge is 0.245 e. The van der Waals surface area contributed by atoms with Crippen molar-refractivity contribution >= 4 is 5.95 Å². The molecule has 2 fully saturated rings. The minimum absolute atomic E-state index is 0.176. The molecule has 7 nitrogen and oxygen atoms in total. The summed E-state index contributed by atoms with van der Waals surface area (Å²) in [5.41, 5.74) is 1.64. The maximum Gasteiger partial charge on any atom is 0.245 e. The van der Waals surface area contributed by atoms with Gasteiger partial charge in [-0.3, -0.25) is 0 Å². The molecule has 1 aliphatic carbocycles. The van der Waals surface area contributed by atoms with E-state index >= 15 is 0 Å². The van der Waals surface area contributed by atoms with Gasteiger partial charge in [0.05, 0.1) is 19.8 Å². The van der Waals surface area contributed by atoms with Crippen LogP contribution in [0.15, 0.2) is 11.6 Å². The van der Waals surface area contributed by atoms with Gasteiger partial charge in [0.1, 0.15) is 0 Å². The van der Waals surface area contributed by atoms with Crippen LogP contribution < -0.4 is 4.90 Å². The van der Waals surface area contributed by atoms with Crippen molar-refractivity contribution in [3.8, 4) is 0 Å². The summed E-state index contributed by atoms with van der Waals surface area (Å²) in [5, 5.41) is 12.6. The van der Waals surface area contributed by atoms with Crippen LogP contribution in [-0.4, -0.2) is 59.7 Å². The second-order valence-electron chi connectivity index (χ2n) is 7.33. The molecule has 1 aromatic heterocycles. The Bertz CT molecular complexity index is 579. The van der Waals surface area contributed by atoms with E-state index in [0.29, 0.717) is 0 Å². The fraction of sp³-hybridized carbons (Fsp3) is 0.824. The van der Waals surface area contributed by atoms with Gasteiger partial charge in [-0.15, -0.1) is 0 Å². The van der Waals surface area contributed by atoms with Gasteiger partial charge in [0.15, 0.2) is 0 Å². The Kier molecular flexibility index (Phi) is 4.80. The zero-order valence-corrected chi connectivity index (χ0v) is 14.3. The average Bonchev–Trinajstić information content (AvgIpc) is 2.98. The van der Waals surface area contributed by atoms with Gasteiger partial charge >= 0.3 is 0 Å². The number of ether oxygens (including phenoxy) is 2. The van der Waals surface area contributed by atoms with E-state index in [4.69, 9.17) is 9.47 Å². The van der Waals surface area contributed by atoms with Crippen molar-refractivity contribution in [2.75, 3.05) is 44.4 Å². The molecule has 0 N–H and O–H groups in total. The molecule has 1 spiro atoms. The average molecular weight is 333 g/mol. The second kappa shape index (κ2) is 7.19. The van der Waals surface area contributed by atoms with Crippen LogP contribution in [0.3, 0.4) is 0 Å². The summed E-state index contributed by atoms with van der Waals surface area (Å²) < 4.78 is 13.4. The number of aromatic nitrogens is 4. The molecular weight excluding hydrogens is 306 g/mol. The predicted molar refractivity (Wildman–Crippen MR) is 89.9 cm³/mol. The molecule has 132 valence electrons. The molecule has 3 heterocycles. The van der Waals surface area contributed by atoms with E-state index in [1.165, 1.54) is 31.3 Å². The molecule has 4 rings (SSSR count). The molecule has 0 aromatic carbocycles. The number of hydrogen-bond donors (Lipinski definition) is 0. The molecule has 3 aliphatic rings. The van der Waals surface area contributed by atoms with Gasteiger partial charge in [-0.1, -0.05) is 16.7 Å². The van der Waals surface area contributed by atoms with Gasteiger partial charge in [0.25, 0.3) is 0 Å². The third-order valence-electron chi connectivity index (χ3n) is 5.53. The first kappa shape index (κ1) is 16.0. The number of nitrogens with zero attached hydrogens (tertiary/aromatic N) is 5. The Hall–Kier alpha value is -1.47. The van der Waals surface area contributed by atoms with Crippen LogP contribution in [0.25, 0.3) is 0 Å². The number of tetrazole rings is 1. The van der Waals surface area contributed by atoms with Crippen LogP contribution in [0.5, 0.6) is 0 Å². The number of rotatable bonds is 3. The monoisotopic (exact) mass is 333 g/mol. The first-order chi connectivity index (χ1) is 11.8. The maximum absolute atomic E-state index is 5.92. The lowest BCUT2D eigenvalue weighted by Crippen LogP contribution is -2.43. The number of hydrogen-bond acceptors (Lipinski definition) is 6. The van der Waals surface area contributed by atoms with Gasteiger partial charge in [0, 0.05) is 31.7 Å². The van der Waals surface area contributed by atoms with Gasteiger partial charge in [-0.25, -0.2) is 4.68 Å². The third kappa shape index (κ3) is 3.47. The molecule has 0 unspecified atom stereocenters. The second-order valence-corrected chi connectivity index (χ2v) is 7.33. The summed E-state index contributed by atoms with van der Waals surface area (Å²) in [7, 11) is 0. The fourth-order valence-electron chi connectivity index (χ4n) is 4.04. The van der Waals surface area contributed by atoms with Crippen molar-refractivity contribution < 1.29 is 9.47 Å². The maximum atomic E-state index is 5.92. The minimum Gasteiger partial charge on any atom is -0.381 e. The van der Waals surface area contributed by atoms with Crippen molar-refractivity contribution in [1.29, 1.82) is 0 Å². The Labute approximate surface area is 143 Å². The lowest BCUT2D eigenvalue weighted by atomic mass is 9.80. The minimum atomic E-state index is 0.176. The van der Waals surface area contributed by atoms with Crippen LogP contribution in [0.2, 0.25) is 0 Å². The first-order valence-corrected chi connectivity index (χ1v) is 9.19. The highest BCUT2D eigenvalue weighted by molar-refractivity contribution is 5.30. The van der Waals surface area contributed by atoms with E-state index < -0.39 is 0 Å². The fourth-order valence-corrected chi connectivity index (χ4v) is 4.04. The molecule has 0 bridgehead atoms. The standard InChI is InChI=1S/C17H27N5O2/c1-2-4-15(5-3-1)12-22-16(18-19-20-22)21-8-11-24-14-17(13-21)6-9-23-10-7-17/h4H,1-3,5-14H2.